The van der Waals surface area contributed by atoms with Gasteiger partial charge in [-0.05, 0) is 66.8 Å². The van der Waals surface area contributed by atoms with Crippen molar-refractivity contribution in [1.82, 2.24) is 0 Å². The first kappa shape index (κ1) is 17.6. The van der Waals surface area contributed by atoms with Gasteiger partial charge in [-0.25, -0.2) is 9.69 Å². The lowest BCUT2D eigenvalue weighted by Gasteiger charge is -2.37. The molecule has 0 aromatic heterocycles. The van der Waals surface area contributed by atoms with Gasteiger partial charge in [0.25, 0.3) is 0 Å². The number of hydrogen-bond acceptors (Lipinski definition) is 4. The molecule has 4 aliphatic carbocycles. The summed E-state index contributed by atoms with van der Waals surface area (Å²) >= 11 is 0. The minimum atomic E-state index is -0.509. The molecule has 0 spiro atoms. The molecule has 2 aromatic rings. The molecule has 2 saturated carbocycles. The minimum Gasteiger partial charge on any atom is -0.423 e. The van der Waals surface area contributed by atoms with Crippen molar-refractivity contribution in [3.63, 3.8) is 0 Å². The Bertz CT molecular complexity index is 1100. The van der Waals surface area contributed by atoms with Gasteiger partial charge in [0.15, 0.2) is 0 Å². The summed E-state index contributed by atoms with van der Waals surface area (Å²) < 4.78 is 5.52. The highest BCUT2D eigenvalue weighted by molar-refractivity contribution is 6.23. The van der Waals surface area contributed by atoms with E-state index < -0.39 is 5.97 Å². The van der Waals surface area contributed by atoms with E-state index in [4.69, 9.17) is 4.74 Å². The zero-order valence-corrected chi connectivity index (χ0v) is 16.5. The predicted molar refractivity (Wildman–Crippen MR) is 110 cm³/mol. The Labute approximate surface area is 174 Å². The van der Waals surface area contributed by atoms with Crippen LogP contribution in [0.3, 0.4) is 0 Å². The molecule has 0 N–H and O–H groups in total. The van der Waals surface area contributed by atoms with Crippen LogP contribution >= 0.6 is 0 Å². The quantitative estimate of drug-likeness (QED) is 0.341. The van der Waals surface area contributed by atoms with Crippen LogP contribution in [0.5, 0.6) is 5.75 Å². The number of benzene rings is 2. The maximum absolute atomic E-state index is 13.3. The van der Waals surface area contributed by atoms with E-state index in [0.29, 0.717) is 28.8 Å². The molecule has 5 nitrogen and oxygen atoms in total. The van der Waals surface area contributed by atoms with Gasteiger partial charge in [-0.1, -0.05) is 36.4 Å². The third kappa shape index (κ3) is 2.38. The number of carbonyl (C=O) groups is 3. The van der Waals surface area contributed by atoms with E-state index in [2.05, 4.69) is 12.2 Å². The zero-order valence-electron chi connectivity index (χ0n) is 16.5. The number of aryl methyl sites for hydroxylation is 1. The second kappa shape index (κ2) is 6.14. The highest BCUT2D eigenvalue weighted by atomic mass is 16.5. The van der Waals surface area contributed by atoms with E-state index in [9.17, 15) is 14.4 Å². The molecule has 5 aliphatic rings. The van der Waals surface area contributed by atoms with Crippen LogP contribution in [0.15, 0.2) is 60.7 Å². The summed E-state index contributed by atoms with van der Waals surface area (Å²) in [4.78, 5) is 40.5. The van der Waals surface area contributed by atoms with Gasteiger partial charge in [-0.3, -0.25) is 9.59 Å². The van der Waals surface area contributed by atoms with E-state index in [1.165, 1.54) is 4.90 Å². The number of nitrogens with zero attached hydrogens (tertiary/aromatic N) is 1. The third-order valence-electron chi connectivity index (χ3n) is 7.30. The molecule has 6 atom stereocenters. The molecule has 5 heteroatoms. The molecule has 1 saturated heterocycles. The van der Waals surface area contributed by atoms with Gasteiger partial charge in [0.2, 0.25) is 11.8 Å². The Balaban J connectivity index is 1.30. The molecule has 1 aliphatic heterocycles. The molecule has 0 radical (unpaired) electrons. The fraction of sp³-hybridized carbons (Fsp3) is 0.320. The standard InChI is InChI=1S/C25H21NO4/c1-13-5-2-3-8-20(13)30-25(29)14-6-4-7-15(11-14)26-23(27)21-16-9-10-17(19-12-18(16)19)22(21)24(26)28/h2-11,16-19,21-22H,12H2,1H3/t16-,17+,18-,19-,21+,22-/m1/s1. The average molecular weight is 399 g/mol. The van der Waals surface area contributed by atoms with Gasteiger partial charge in [0, 0.05) is 0 Å². The summed E-state index contributed by atoms with van der Waals surface area (Å²) in [5.74, 6) is 0.721. The van der Waals surface area contributed by atoms with Crippen molar-refractivity contribution >= 4 is 23.5 Å². The van der Waals surface area contributed by atoms with E-state index in [1.807, 2.05) is 25.1 Å². The summed E-state index contributed by atoms with van der Waals surface area (Å²) in [6.07, 6.45) is 5.45. The van der Waals surface area contributed by atoms with Crippen molar-refractivity contribution in [1.29, 1.82) is 0 Å². The molecule has 3 fully saturated rings. The number of imide groups is 1. The molecule has 150 valence electrons. The Morgan fingerprint density at radius 2 is 1.60 bits per heavy atom. The second-order valence-electron chi connectivity index (χ2n) is 8.87. The molecule has 2 aromatic carbocycles. The molecule has 2 bridgehead atoms. The highest BCUT2D eigenvalue weighted by Gasteiger charge is 2.67. The van der Waals surface area contributed by atoms with E-state index in [1.54, 1.807) is 30.3 Å². The van der Waals surface area contributed by atoms with Crippen LogP contribution in [0.2, 0.25) is 0 Å². The fourth-order valence-electron chi connectivity index (χ4n) is 5.81. The Kier molecular flexibility index (Phi) is 3.61. The smallest absolute Gasteiger partial charge is 0.343 e. The van der Waals surface area contributed by atoms with E-state index >= 15 is 0 Å². The summed E-state index contributed by atoms with van der Waals surface area (Å²) in [6, 6.07) is 13.9. The van der Waals surface area contributed by atoms with Crippen LogP contribution in [0.4, 0.5) is 5.69 Å². The summed E-state index contributed by atoms with van der Waals surface area (Å²) in [5.41, 5.74) is 1.62. The number of carbonyl (C=O) groups excluding carboxylic acids is 3. The first-order valence-electron chi connectivity index (χ1n) is 10.5. The van der Waals surface area contributed by atoms with E-state index in [-0.39, 0.29) is 35.5 Å². The van der Waals surface area contributed by atoms with Crippen molar-refractivity contribution in [2.45, 2.75) is 13.3 Å². The minimum absolute atomic E-state index is 0.126. The number of ether oxygens (including phenoxy) is 1. The van der Waals surface area contributed by atoms with Crippen molar-refractivity contribution in [3.8, 4) is 5.75 Å². The second-order valence-corrected chi connectivity index (χ2v) is 8.87. The Morgan fingerprint density at radius 3 is 2.27 bits per heavy atom. The molecule has 2 amide bonds. The normalized spacial score (nSPS) is 32.8. The van der Waals surface area contributed by atoms with Crippen LogP contribution in [-0.4, -0.2) is 17.8 Å². The van der Waals surface area contributed by atoms with Gasteiger partial charge in [-0.2, -0.15) is 0 Å². The molecule has 0 unspecified atom stereocenters. The van der Waals surface area contributed by atoms with Gasteiger partial charge in [-0.15, -0.1) is 0 Å². The first-order chi connectivity index (χ1) is 14.5. The maximum atomic E-state index is 13.3. The highest BCUT2D eigenvalue weighted by Crippen LogP contribution is 2.65. The fourth-order valence-corrected chi connectivity index (χ4v) is 5.81. The number of esters is 1. The Morgan fingerprint density at radius 1 is 0.933 bits per heavy atom. The summed E-state index contributed by atoms with van der Waals surface area (Å²) in [5, 5.41) is 0. The molecule has 1 heterocycles. The average Bonchev–Trinajstić information content (AvgIpc) is 3.53. The van der Waals surface area contributed by atoms with Crippen molar-refractivity contribution in [3.05, 3.63) is 71.8 Å². The van der Waals surface area contributed by atoms with Gasteiger partial charge in [0.05, 0.1) is 23.1 Å². The number of para-hydroxylation sites is 1. The van der Waals surface area contributed by atoms with Gasteiger partial charge >= 0.3 is 5.97 Å². The van der Waals surface area contributed by atoms with Crippen molar-refractivity contribution in [2.24, 2.45) is 35.5 Å². The van der Waals surface area contributed by atoms with Crippen molar-refractivity contribution in [2.75, 3.05) is 4.90 Å². The molecular weight excluding hydrogens is 378 g/mol. The number of hydrogen-bond donors (Lipinski definition) is 0. The first-order valence-corrected chi connectivity index (χ1v) is 10.5. The lowest BCUT2D eigenvalue weighted by Crippen LogP contribution is -2.40. The topological polar surface area (TPSA) is 63.7 Å². The zero-order chi connectivity index (χ0) is 20.6. The number of amides is 2. The summed E-state index contributed by atoms with van der Waals surface area (Å²) in [7, 11) is 0. The molecular formula is C25H21NO4. The predicted octanol–water partition coefficient (Wildman–Crippen LogP) is 3.77. The monoisotopic (exact) mass is 399 g/mol. The third-order valence-corrected chi connectivity index (χ3v) is 7.30. The largest absolute Gasteiger partial charge is 0.423 e. The summed E-state index contributed by atoms with van der Waals surface area (Å²) in [6.45, 7) is 1.87. The van der Waals surface area contributed by atoms with Crippen LogP contribution in [0.1, 0.15) is 22.3 Å². The number of rotatable bonds is 3. The lowest BCUT2D eigenvalue weighted by molar-refractivity contribution is -0.124. The van der Waals surface area contributed by atoms with Gasteiger partial charge < -0.3 is 4.74 Å². The molecule has 7 rings (SSSR count). The van der Waals surface area contributed by atoms with Crippen molar-refractivity contribution < 1.29 is 19.1 Å². The van der Waals surface area contributed by atoms with Gasteiger partial charge in [0.1, 0.15) is 5.75 Å². The van der Waals surface area contributed by atoms with Crippen LogP contribution < -0.4 is 9.64 Å². The van der Waals surface area contributed by atoms with E-state index in [0.717, 1.165) is 12.0 Å². The van der Waals surface area contributed by atoms with Crippen LogP contribution in [0, 0.1) is 42.4 Å². The number of allylic oxidation sites excluding steroid dienone is 2. The Hall–Kier alpha value is -3.21. The molecule has 30 heavy (non-hydrogen) atoms. The number of anilines is 1. The van der Waals surface area contributed by atoms with Crippen LogP contribution in [0.25, 0.3) is 0 Å². The lowest BCUT2D eigenvalue weighted by atomic mass is 9.63. The van der Waals surface area contributed by atoms with Crippen LogP contribution in [-0.2, 0) is 9.59 Å². The SMILES string of the molecule is Cc1ccccc1OC(=O)c1cccc(N2C(=O)[C@@H]3[C@H]4C=C[C@H]([C@H]5C[C@H]45)[C@@H]3C2=O)c1. The maximum Gasteiger partial charge on any atom is 0.343 e.